The van der Waals surface area contributed by atoms with E-state index in [1.165, 1.54) is 16.8 Å². The fourth-order valence-corrected chi connectivity index (χ4v) is 3.59. The van der Waals surface area contributed by atoms with Gasteiger partial charge in [-0.2, -0.15) is 0 Å². The Morgan fingerprint density at radius 2 is 1.48 bits per heavy atom. The number of rotatable bonds is 3. The fourth-order valence-electron chi connectivity index (χ4n) is 3.59. The Bertz CT molecular complexity index is 1050. The lowest BCUT2D eigenvalue weighted by Crippen LogP contribution is -2.36. The van der Waals surface area contributed by atoms with Crippen LogP contribution in [0.1, 0.15) is 0 Å². The number of fused-ring (bicyclic) bond motifs is 1. The van der Waals surface area contributed by atoms with Gasteiger partial charge in [0, 0.05) is 42.8 Å². The molecule has 27 heavy (non-hydrogen) atoms. The summed E-state index contributed by atoms with van der Waals surface area (Å²) in [4.78, 5) is 7.20. The van der Waals surface area contributed by atoms with Crippen LogP contribution in [0.2, 0.25) is 0 Å². The van der Waals surface area contributed by atoms with E-state index in [0.29, 0.717) is 0 Å². The topological polar surface area (TPSA) is 29.8 Å². The van der Waals surface area contributed by atoms with Gasteiger partial charge in [0.2, 0.25) is 0 Å². The molecule has 0 amide bonds. The molecule has 1 aliphatic rings. The third kappa shape index (κ3) is 3.20. The van der Waals surface area contributed by atoms with Crippen molar-refractivity contribution >= 4 is 11.3 Å². The van der Waals surface area contributed by atoms with Crippen molar-refractivity contribution in [3.63, 3.8) is 0 Å². The second-order valence-electron chi connectivity index (χ2n) is 6.82. The second-order valence-corrected chi connectivity index (χ2v) is 6.82. The van der Waals surface area contributed by atoms with E-state index >= 15 is 0 Å². The smallest absolute Gasteiger partial charge is 0.139 e. The summed E-state index contributed by atoms with van der Waals surface area (Å²) >= 11 is 0. The van der Waals surface area contributed by atoms with E-state index in [1.807, 2.05) is 6.07 Å². The van der Waals surface area contributed by atoms with Crippen LogP contribution in [0.25, 0.3) is 28.0 Å². The summed E-state index contributed by atoms with van der Waals surface area (Å²) in [5, 5.41) is 0. The fraction of sp³-hybridized carbons (Fsp3) is 0.174. The van der Waals surface area contributed by atoms with Crippen LogP contribution in [0.4, 0.5) is 5.69 Å². The largest absolute Gasteiger partial charge is 0.378 e. The van der Waals surface area contributed by atoms with Crippen LogP contribution >= 0.6 is 0 Å². The Kier molecular flexibility index (Phi) is 4.11. The molecule has 0 aliphatic carbocycles. The van der Waals surface area contributed by atoms with Gasteiger partial charge in [-0.15, -0.1) is 0 Å². The first-order valence-electron chi connectivity index (χ1n) is 9.34. The number of hydrogen-bond acceptors (Lipinski definition) is 3. The highest BCUT2D eigenvalue weighted by Crippen LogP contribution is 2.26. The molecule has 4 heteroatoms. The number of morpholine rings is 1. The summed E-state index contributed by atoms with van der Waals surface area (Å²) in [6.45, 7) is 3.45. The molecule has 1 saturated heterocycles. The van der Waals surface area contributed by atoms with Crippen LogP contribution in [0.15, 0.2) is 79.1 Å². The summed E-state index contributed by atoms with van der Waals surface area (Å²) < 4.78 is 7.54. The van der Waals surface area contributed by atoms with Gasteiger partial charge in [0.25, 0.3) is 0 Å². The standard InChI is InChI=1S/C23H21N3O/c1-2-4-18(5-3-1)19-6-8-20(9-7-19)22-17-26-11-10-21(16-23(26)24-22)25-12-14-27-15-13-25/h1-11,16-17H,12-15H2. The Morgan fingerprint density at radius 3 is 2.26 bits per heavy atom. The molecule has 4 aromatic rings. The molecule has 2 aromatic heterocycles. The molecule has 0 unspecified atom stereocenters. The van der Waals surface area contributed by atoms with Crippen LogP contribution in [-0.2, 0) is 4.74 Å². The first-order chi connectivity index (χ1) is 13.4. The van der Waals surface area contributed by atoms with E-state index in [9.17, 15) is 0 Å². The molecule has 3 heterocycles. The van der Waals surface area contributed by atoms with Crippen LogP contribution < -0.4 is 4.90 Å². The van der Waals surface area contributed by atoms with Crippen molar-refractivity contribution in [2.24, 2.45) is 0 Å². The van der Waals surface area contributed by atoms with E-state index < -0.39 is 0 Å². The van der Waals surface area contributed by atoms with Crippen LogP contribution in [-0.4, -0.2) is 35.7 Å². The second kappa shape index (κ2) is 6.89. The van der Waals surface area contributed by atoms with Crippen molar-refractivity contribution in [1.29, 1.82) is 0 Å². The first-order valence-corrected chi connectivity index (χ1v) is 9.34. The third-order valence-corrected chi connectivity index (χ3v) is 5.11. The molecular weight excluding hydrogens is 334 g/mol. The number of hydrogen-bond donors (Lipinski definition) is 0. The maximum Gasteiger partial charge on any atom is 0.139 e. The van der Waals surface area contributed by atoms with Crippen molar-refractivity contribution in [3.05, 3.63) is 79.1 Å². The van der Waals surface area contributed by atoms with Gasteiger partial charge < -0.3 is 14.0 Å². The maximum atomic E-state index is 5.45. The minimum absolute atomic E-state index is 0.790. The number of anilines is 1. The van der Waals surface area contributed by atoms with E-state index in [1.54, 1.807) is 0 Å². The average molecular weight is 355 g/mol. The lowest BCUT2D eigenvalue weighted by molar-refractivity contribution is 0.122. The lowest BCUT2D eigenvalue weighted by Gasteiger charge is -2.28. The molecule has 134 valence electrons. The summed E-state index contributed by atoms with van der Waals surface area (Å²) in [6, 6.07) is 23.4. The van der Waals surface area contributed by atoms with Crippen LogP contribution in [0.5, 0.6) is 0 Å². The molecule has 0 bridgehead atoms. The minimum atomic E-state index is 0.790. The number of ether oxygens (including phenoxy) is 1. The van der Waals surface area contributed by atoms with Gasteiger partial charge in [-0.25, -0.2) is 4.98 Å². The number of imidazole rings is 1. The molecule has 0 saturated carbocycles. The van der Waals surface area contributed by atoms with Gasteiger partial charge in [-0.1, -0.05) is 54.6 Å². The minimum Gasteiger partial charge on any atom is -0.378 e. The Labute approximate surface area is 158 Å². The highest BCUT2D eigenvalue weighted by atomic mass is 16.5. The van der Waals surface area contributed by atoms with Gasteiger partial charge in [0.1, 0.15) is 5.65 Å². The third-order valence-electron chi connectivity index (χ3n) is 5.11. The van der Waals surface area contributed by atoms with Crippen LogP contribution in [0.3, 0.4) is 0 Å². The number of aromatic nitrogens is 2. The first kappa shape index (κ1) is 16.1. The van der Waals surface area contributed by atoms with Gasteiger partial charge >= 0.3 is 0 Å². The molecule has 4 nitrogen and oxygen atoms in total. The van der Waals surface area contributed by atoms with Crippen molar-refractivity contribution in [2.45, 2.75) is 0 Å². The van der Waals surface area contributed by atoms with Crippen molar-refractivity contribution in [1.82, 2.24) is 9.38 Å². The normalized spacial score (nSPS) is 14.6. The summed E-state index contributed by atoms with van der Waals surface area (Å²) in [6.07, 6.45) is 4.19. The van der Waals surface area contributed by atoms with Gasteiger partial charge in [-0.3, -0.25) is 0 Å². The molecule has 0 atom stereocenters. The highest BCUT2D eigenvalue weighted by molar-refractivity contribution is 5.70. The Balaban J connectivity index is 1.44. The molecule has 2 aromatic carbocycles. The molecule has 0 radical (unpaired) electrons. The van der Waals surface area contributed by atoms with Crippen molar-refractivity contribution in [2.75, 3.05) is 31.2 Å². The molecular formula is C23H21N3O. The van der Waals surface area contributed by atoms with Gasteiger partial charge in [0.15, 0.2) is 0 Å². The zero-order valence-electron chi connectivity index (χ0n) is 15.1. The van der Waals surface area contributed by atoms with E-state index in [-0.39, 0.29) is 0 Å². The predicted molar refractivity (Wildman–Crippen MR) is 109 cm³/mol. The summed E-state index contributed by atoms with van der Waals surface area (Å²) in [5.74, 6) is 0. The van der Waals surface area contributed by atoms with E-state index in [2.05, 4.69) is 82.4 Å². The Morgan fingerprint density at radius 1 is 0.778 bits per heavy atom. The maximum absolute atomic E-state index is 5.45. The highest BCUT2D eigenvalue weighted by Gasteiger charge is 2.13. The average Bonchev–Trinajstić information content (AvgIpc) is 3.18. The zero-order chi connectivity index (χ0) is 18.1. The lowest BCUT2D eigenvalue weighted by atomic mass is 10.0. The molecule has 1 fully saturated rings. The summed E-state index contributed by atoms with van der Waals surface area (Å²) in [7, 11) is 0. The zero-order valence-corrected chi connectivity index (χ0v) is 15.1. The Hall–Kier alpha value is -3.11. The van der Waals surface area contributed by atoms with Gasteiger partial charge in [0.05, 0.1) is 18.9 Å². The van der Waals surface area contributed by atoms with E-state index in [4.69, 9.17) is 9.72 Å². The number of pyridine rings is 1. The summed E-state index contributed by atoms with van der Waals surface area (Å²) in [5.41, 5.74) is 6.76. The van der Waals surface area contributed by atoms with Crippen molar-refractivity contribution in [3.8, 4) is 22.4 Å². The SMILES string of the molecule is c1ccc(-c2ccc(-c3cn4ccc(N5CCOCC5)cc4n3)cc2)cc1. The molecule has 0 spiro atoms. The molecule has 0 N–H and O–H groups in total. The van der Waals surface area contributed by atoms with Crippen LogP contribution in [0, 0.1) is 0 Å². The molecule has 5 rings (SSSR count). The van der Waals surface area contributed by atoms with Crippen molar-refractivity contribution < 1.29 is 4.74 Å². The van der Waals surface area contributed by atoms with Gasteiger partial charge in [-0.05, 0) is 17.2 Å². The number of nitrogens with zero attached hydrogens (tertiary/aromatic N) is 3. The van der Waals surface area contributed by atoms with E-state index in [0.717, 1.165) is 43.2 Å². The number of benzene rings is 2. The monoisotopic (exact) mass is 355 g/mol. The molecule has 1 aliphatic heterocycles. The predicted octanol–water partition coefficient (Wildman–Crippen LogP) is 4.50. The quantitative estimate of drug-likeness (QED) is 0.542.